The Morgan fingerprint density at radius 1 is 1.16 bits per heavy atom. The summed E-state index contributed by atoms with van der Waals surface area (Å²) in [5.41, 5.74) is 3.68. The number of hydrogen-bond acceptors (Lipinski definition) is 3. The quantitative estimate of drug-likeness (QED) is 0.783. The van der Waals surface area contributed by atoms with Crippen LogP contribution in [-0.2, 0) is 9.53 Å². The van der Waals surface area contributed by atoms with Crippen molar-refractivity contribution in [2.45, 2.75) is 27.7 Å². The zero-order valence-electron chi connectivity index (χ0n) is 12.2. The number of amides is 1. The summed E-state index contributed by atoms with van der Waals surface area (Å²) in [6.07, 6.45) is 0. The van der Waals surface area contributed by atoms with Gasteiger partial charge < -0.3 is 9.64 Å². The third-order valence-electron chi connectivity index (χ3n) is 3.11. The van der Waals surface area contributed by atoms with E-state index >= 15 is 0 Å². The van der Waals surface area contributed by atoms with E-state index < -0.39 is 5.97 Å². The summed E-state index contributed by atoms with van der Waals surface area (Å²) < 4.78 is 4.62. The van der Waals surface area contributed by atoms with E-state index in [1.54, 1.807) is 0 Å². The molecular weight excluding hydrogens is 242 g/mol. The molecule has 0 heterocycles. The highest BCUT2D eigenvalue weighted by atomic mass is 16.5. The van der Waals surface area contributed by atoms with Crippen molar-refractivity contribution in [1.29, 1.82) is 0 Å². The fourth-order valence-corrected chi connectivity index (χ4v) is 2.22. The maximum atomic E-state index is 12.5. The molecule has 0 aromatic heterocycles. The highest BCUT2D eigenvalue weighted by Crippen LogP contribution is 2.18. The monoisotopic (exact) mass is 263 g/mol. The van der Waals surface area contributed by atoms with E-state index in [2.05, 4.69) is 4.74 Å². The first-order valence-corrected chi connectivity index (χ1v) is 6.34. The van der Waals surface area contributed by atoms with Crippen LogP contribution in [0.15, 0.2) is 12.1 Å². The van der Waals surface area contributed by atoms with Crippen molar-refractivity contribution in [3.05, 3.63) is 34.4 Å². The molecule has 0 spiro atoms. The normalized spacial score (nSPS) is 10.2. The molecule has 0 radical (unpaired) electrons. The van der Waals surface area contributed by atoms with Crippen LogP contribution in [0.1, 0.15) is 34.0 Å². The van der Waals surface area contributed by atoms with Gasteiger partial charge in [0.05, 0.1) is 7.11 Å². The van der Waals surface area contributed by atoms with E-state index in [-0.39, 0.29) is 12.5 Å². The molecule has 0 saturated carbocycles. The van der Waals surface area contributed by atoms with Crippen molar-refractivity contribution in [3.8, 4) is 0 Å². The van der Waals surface area contributed by atoms with Crippen LogP contribution in [0, 0.1) is 20.8 Å². The van der Waals surface area contributed by atoms with Gasteiger partial charge in [0.25, 0.3) is 5.91 Å². The largest absolute Gasteiger partial charge is 0.468 e. The molecule has 0 aliphatic carbocycles. The third kappa shape index (κ3) is 3.56. The summed E-state index contributed by atoms with van der Waals surface area (Å²) in [5, 5.41) is 0. The van der Waals surface area contributed by atoms with Crippen LogP contribution in [0.5, 0.6) is 0 Å². The van der Waals surface area contributed by atoms with E-state index in [0.717, 1.165) is 16.7 Å². The van der Waals surface area contributed by atoms with Gasteiger partial charge in [-0.05, 0) is 38.8 Å². The zero-order valence-corrected chi connectivity index (χ0v) is 12.2. The lowest BCUT2D eigenvalue weighted by Gasteiger charge is -2.22. The second kappa shape index (κ2) is 6.36. The standard InChI is InChI=1S/C15H21NO3/c1-6-16(9-13(17)19-5)15(18)14-11(3)7-10(2)8-12(14)4/h7-8H,6,9H2,1-5H3. The molecule has 0 N–H and O–H groups in total. The van der Waals surface area contributed by atoms with Crippen LogP contribution in [0.4, 0.5) is 0 Å². The molecule has 0 atom stereocenters. The molecule has 19 heavy (non-hydrogen) atoms. The lowest BCUT2D eigenvalue weighted by atomic mass is 9.99. The predicted octanol–water partition coefficient (Wildman–Crippen LogP) is 2.25. The number of carbonyl (C=O) groups excluding carboxylic acids is 2. The number of aryl methyl sites for hydroxylation is 3. The Morgan fingerprint density at radius 3 is 2.11 bits per heavy atom. The molecule has 0 unspecified atom stereocenters. The Hall–Kier alpha value is -1.84. The van der Waals surface area contributed by atoms with E-state index in [1.807, 2.05) is 39.8 Å². The number of methoxy groups -OCH3 is 1. The number of rotatable bonds is 4. The first-order valence-electron chi connectivity index (χ1n) is 6.34. The topological polar surface area (TPSA) is 46.6 Å². The van der Waals surface area contributed by atoms with Gasteiger partial charge in [-0.25, -0.2) is 0 Å². The average molecular weight is 263 g/mol. The van der Waals surface area contributed by atoms with E-state index in [1.165, 1.54) is 12.0 Å². The molecule has 4 heteroatoms. The molecule has 1 aromatic rings. The van der Waals surface area contributed by atoms with E-state index in [4.69, 9.17) is 0 Å². The van der Waals surface area contributed by atoms with Crippen molar-refractivity contribution in [2.75, 3.05) is 20.2 Å². The minimum absolute atomic E-state index is 0.0153. The summed E-state index contributed by atoms with van der Waals surface area (Å²) in [6.45, 7) is 8.14. The highest BCUT2D eigenvalue weighted by molar-refractivity contribution is 5.98. The number of hydrogen-bond donors (Lipinski definition) is 0. The third-order valence-corrected chi connectivity index (χ3v) is 3.11. The summed E-state index contributed by atoms with van der Waals surface area (Å²) in [4.78, 5) is 25.3. The van der Waals surface area contributed by atoms with E-state index in [0.29, 0.717) is 12.1 Å². The molecule has 104 valence electrons. The number of esters is 1. The van der Waals surface area contributed by atoms with Gasteiger partial charge >= 0.3 is 5.97 Å². The lowest BCUT2D eigenvalue weighted by molar-refractivity contribution is -0.141. The predicted molar refractivity (Wildman–Crippen MR) is 74.2 cm³/mol. The maximum absolute atomic E-state index is 12.5. The number of likely N-dealkylation sites (N-methyl/N-ethyl adjacent to an activating group) is 1. The molecule has 0 aliphatic heterocycles. The Bertz CT molecular complexity index is 471. The Balaban J connectivity index is 3.07. The number of carbonyl (C=O) groups is 2. The summed E-state index contributed by atoms with van der Waals surface area (Å²) in [6, 6.07) is 3.96. The summed E-state index contributed by atoms with van der Waals surface area (Å²) >= 11 is 0. The first kappa shape index (κ1) is 15.2. The smallest absolute Gasteiger partial charge is 0.325 e. The minimum Gasteiger partial charge on any atom is -0.468 e. The fourth-order valence-electron chi connectivity index (χ4n) is 2.22. The SMILES string of the molecule is CCN(CC(=O)OC)C(=O)c1c(C)cc(C)cc1C. The lowest BCUT2D eigenvalue weighted by Crippen LogP contribution is -2.36. The molecule has 1 amide bonds. The molecule has 0 bridgehead atoms. The van der Waals surface area contributed by atoms with E-state index in [9.17, 15) is 9.59 Å². The maximum Gasteiger partial charge on any atom is 0.325 e. The van der Waals surface area contributed by atoms with Gasteiger partial charge in [-0.3, -0.25) is 9.59 Å². The molecule has 1 rings (SSSR count). The minimum atomic E-state index is -0.405. The Morgan fingerprint density at radius 2 is 1.68 bits per heavy atom. The van der Waals surface area contributed by atoms with Crippen molar-refractivity contribution < 1.29 is 14.3 Å². The molecule has 0 fully saturated rings. The Labute approximate surface area is 114 Å². The number of nitrogens with zero attached hydrogens (tertiary/aromatic N) is 1. The van der Waals surface area contributed by atoms with Gasteiger partial charge in [0.1, 0.15) is 6.54 Å². The van der Waals surface area contributed by atoms with Crippen LogP contribution < -0.4 is 0 Å². The Kier molecular flexibility index (Phi) is 5.10. The van der Waals surface area contributed by atoms with Crippen molar-refractivity contribution >= 4 is 11.9 Å². The van der Waals surface area contributed by atoms with Crippen LogP contribution in [0.25, 0.3) is 0 Å². The summed E-state index contributed by atoms with van der Waals surface area (Å²) in [7, 11) is 1.32. The van der Waals surface area contributed by atoms with Crippen molar-refractivity contribution in [1.82, 2.24) is 4.90 Å². The van der Waals surface area contributed by atoms with Crippen LogP contribution in [-0.4, -0.2) is 37.0 Å². The second-order valence-corrected chi connectivity index (χ2v) is 4.67. The number of benzene rings is 1. The zero-order chi connectivity index (χ0) is 14.6. The molecule has 0 saturated heterocycles. The number of ether oxygens (including phenoxy) is 1. The van der Waals surface area contributed by atoms with Gasteiger partial charge in [-0.15, -0.1) is 0 Å². The van der Waals surface area contributed by atoms with Crippen LogP contribution in [0.2, 0.25) is 0 Å². The second-order valence-electron chi connectivity index (χ2n) is 4.67. The van der Waals surface area contributed by atoms with Gasteiger partial charge in [0.15, 0.2) is 0 Å². The van der Waals surface area contributed by atoms with Crippen LogP contribution >= 0.6 is 0 Å². The molecule has 1 aromatic carbocycles. The molecule has 0 aliphatic rings. The molecule has 4 nitrogen and oxygen atoms in total. The highest BCUT2D eigenvalue weighted by Gasteiger charge is 2.21. The van der Waals surface area contributed by atoms with Crippen molar-refractivity contribution in [2.24, 2.45) is 0 Å². The van der Waals surface area contributed by atoms with Crippen LogP contribution in [0.3, 0.4) is 0 Å². The van der Waals surface area contributed by atoms with Gasteiger partial charge in [0, 0.05) is 12.1 Å². The average Bonchev–Trinajstić information content (AvgIpc) is 2.33. The fraction of sp³-hybridized carbons (Fsp3) is 0.467. The van der Waals surface area contributed by atoms with Gasteiger partial charge in [-0.2, -0.15) is 0 Å². The van der Waals surface area contributed by atoms with Gasteiger partial charge in [-0.1, -0.05) is 17.7 Å². The molecular formula is C15H21NO3. The first-order chi connectivity index (χ1) is 8.90. The van der Waals surface area contributed by atoms with Crippen molar-refractivity contribution in [3.63, 3.8) is 0 Å². The summed E-state index contributed by atoms with van der Waals surface area (Å²) in [5.74, 6) is -0.527. The van der Waals surface area contributed by atoms with Gasteiger partial charge in [0.2, 0.25) is 0 Å².